The van der Waals surface area contributed by atoms with Crippen molar-refractivity contribution in [3.63, 3.8) is 0 Å². The number of nitrogens with two attached hydrogens (primary N) is 1. The smallest absolute Gasteiger partial charge is 0.178 e. The highest BCUT2D eigenvalue weighted by molar-refractivity contribution is 7.91. The Morgan fingerprint density at radius 1 is 1.33 bits per heavy atom. The zero-order chi connectivity index (χ0) is 13.6. The van der Waals surface area contributed by atoms with E-state index in [4.69, 9.17) is 5.73 Å². The first-order valence-electron chi connectivity index (χ1n) is 6.54. The fraction of sp³-hybridized carbons (Fsp3) is 0.571. The van der Waals surface area contributed by atoms with Crippen molar-refractivity contribution in [2.24, 2.45) is 5.73 Å². The molecule has 1 atom stereocenters. The van der Waals surface area contributed by atoms with Crippen LogP contribution in [0.25, 0.3) is 0 Å². The summed E-state index contributed by atoms with van der Waals surface area (Å²) < 4.78 is 24.0. The molecule has 1 aromatic carbocycles. The van der Waals surface area contributed by atoms with Gasteiger partial charge in [0.2, 0.25) is 0 Å². The second-order valence-electron chi connectivity index (χ2n) is 4.72. The SMILES string of the molecule is CCCS(=O)(=O)c1cccc(C(C)CCCN)c1. The summed E-state index contributed by atoms with van der Waals surface area (Å²) in [6, 6.07) is 7.32. The Morgan fingerprint density at radius 3 is 2.67 bits per heavy atom. The summed E-state index contributed by atoms with van der Waals surface area (Å²) in [5.41, 5.74) is 6.58. The largest absolute Gasteiger partial charge is 0.330 e. The molecule has 2 N–H and O–H groups in total. The van der Waals surface area contributed by atoms with E-state index in [-0.39, 0.29) is 5.75 Å². The van der Waals surface area contributed by atoms with Gasteiger partial charge < -0.3 is 5.73 Å². The minimum atomic E-state index is -3.11. The van der Waals surface area contributed by atoms with Crippen LogP contribution in [-0.2, 0) is 9.84 Å². The lowest BCUT2D eigenvalue weighted by molar-refractivity contribution is 0.593. The van der Waals surface area contributed by atoms with Crippen LogP contribution in [0.1, 0.15) is 44.6 Å². The van der Waals surface area contributed by atoms with Crippen molar-refractivity contribution in [1.29, 1.82) is 0 Å². The van der Waals surface area contributed by atoms with Gasteiger partial charge in [0.15, 0.2) is 9.84 Å². The van der Waals surface area contributed by atoms with E-state index in [1.807, 2.05) is 25.1 Å². The van der Waals surface area contributed by atoms with Crippen LogP contribution >= 0.6 is 0 Å². The maximum absolute atomic E-state index is 12.0. The van der Waals surface area contributed by atoms with Gasteiger partial charge in [-0.1, -0.05) is 26.0 Å². The second kappa shape index (κ2) is 6.90. The lowest BCUT2D eigenvalue weighted by atomic mass is 9.96. The minimum Gasteiger partial charge on any atom is -0.330 e. The first kappa shape index (κ1) is 15.2. The monoisotopic (exact) mass is 269 g/mol. The molecule has 1 unspecified atom stereocenters. The quantitative estimate of drug-likeness (QED) is 0.828. The molecule has 0 spiro atoms. The predicted octanol–water partition coefficient (Wildman–Crippen LogP) is 2.71. The van der Waals surface area contributed by atoms with Crippen molar-refractivity contribution in [2.45, 2.75) is 43.9 Å². The van der Waals surface area contributed by atoms with Crippen LogP contribution in [-0.4, -0.2) is 20.7 Å². The Morgan fingerprint density at radius 2 is 2.06 bits per heavy atom. The van der Waals surface area contributed by atoms with Crippen LogP contribution in [0.15, 0.2) is 29.2 Å². The molecule has 102 valence electrons. The number of benzene rings is 1. The molecule has 0 amide bonds. The molecule has 0 heterocycles. The van der Waals surface area contributed by atoms with Gasteiger partial charge in [0.05, 0.1) is 10.6 Å². The predicted molar refractivity (Wildman–Crippen MR) is 75.5 cm³/mol. The maximum Gasteiger partial charge on any atom is 0.178 e. The summed E-state index contributed by atoms with van der Waals surface area (Å²) in [6.07, 6.45) is 2.61. The highest BCUT2D eigenvalue weighted by Gasteiger charge is 2.14. The molecule has 1 rings (SSSR count). The Labute approximate surface area is 110 Å². The van der Waals surface area contributed by atoms with Crippen molar-refractivity contribution in [2.75, 3.05) is 12.3 Å². The van der Waals surface area contributed by atoms with Crippen LogP contribution in [0, 0.1) is 0 Å². The van der Waals surface area contributed by atoms with Crippen molar-refractivity contribution in [1.82, 2.24) is 0 Å². The van der Waals surface area contributed by atoms with Gasteiger partial charge in [-0.3, -0.25) is 0 Å². The first-order chi connectivity index (χ1) is 8.51. The lowest BCUT2D eigenvalue weighted by Crippen LogP contribution is -2.07. The molecule has 0 aliphatic heterocycles. The van der Waals surface area contributed by atoms with Crippen LogP contribution in [0.3, 0.4) is 0 Å². The van der Waals surface area contributed by atoms with E-state index >= 15 is 0 Å². The molecule has 0 fully saturated rings. The molecule has 0 radical (unpaired) electrons. The number of hydrogen-bond acceptors (Lipinski definition) is 3. The number of hydrogen-bond donors (Lipinski definition) is 1. The summed E-state index contributed by atoms with van der Waals surface area (Å²) >= 11 is 0. The molecule has 1 aromatic rings. The van der Waals surface area contributed by atoms with Crippen molar-refractivity contribution in [3.05, 3.63) is 29.8 Å². The molecule has 4 heteroatoms. The third kappa shape index (κ3) is 4.10. The van der Waals surface area contributed by atoms with Crippen LogP contribution < -0.4 is 5.73 Å². The van der Waals surface area contributed by atoms with Gasteiger partial charge in [0, 0.05) is 0 Å². The summed E-state index contributed by atoms with van der Waals surface area (Å²) in [6.45, 7) is 4.67. The van der Waals surface area contributed by atoms with E-state index < -0.39 is 9.84 Å². The van der Waals surface area contributed by atoms with E-state index in [0.29, 0.717) is 23.8 Å². The van der Waals surface area contributed by atoms with E-state index in [1.165, 1.54) is 0 Å². The van der Waals surface area contributed by atoms with Crippen molar-refractivity contribution >= 4 is 9.84 Å². The third-order valence-electron chi connectivity index (χ3n) is 3.10. The Balaban J connectivity index is 2.92. The highest BCUT2D eigenvalue weighted by Crippen LogP contribution is 2.23. The molecule has 0 saturated heterocycles. The maximum atomic E-state index is 12.0. The summed E-state index contributed by atoms with van der Waals surface area (Å²) in [4.78, 5) is 0.446. The molecule has 0 bridgehead atoms. The Bertz CT molecular complexity index is 468. The van der Waals surface area contributed by atoms with Gasteiger partial charge in [0.25, 0.3) is 0 Å². The van der Waals surface area contributed by atoms with Crippen LogP contribution in [0.5, 0.6) is 0 Å². The fourth-order valence-corrected chi connectivity index (χ4v) is 3.37. The number of rotatable bonds is 7. The van der Waals surface area contributed by atoms with E-state index in [2.05, 4.69) is 6.92 Å². The third-order valence-corrected chi connectivity index (χ3v) is 5.02. The molecular formula is C14H23NO2S. The van der Waals surface area contributed by atoms with Gasteiger partial charge in [-0.25, -0.2) is 8.42 Å². The molecule has 0 saturated carbocycles. The van der Waals surface area contributed by atoms with E-state index in [1.54, 1.807) is 6.07 Å². The van der Waals surface area contributed by atoms with Gasteiger partial charge in [-0.15, -0.1) is 0 Å². The molecular weight excluding hydrogens is 246 g/mol. The van der Waals surface area contributed by atoms with E-state index in [0.717, 1.165) is 18.4 Å². The number of sulfone groups is 1. The molecule has 0 aliphatic carbocycles. The Hall–Kier alpha value is -0.870. The molecule has 3 nitrogen and oxygen atoms in total. The second-order valence-corrected chi connectivity index (χ2v) is 6.83. The average Bonchev–Trinajstić information content (AvgIpc) is 2.36. The fourth-order valence-electron chi connectivity index (χ4n) is 1.99. The van der Waals surface area contributed by atoms with Gasteiger partial charge >= 0.3 is 0 Å². The Kier molecular flexibility index (Phi) is 5.82. The molecule has 18 heavy (non-hydrogen) atoms. The van der Waals surface area contributed by atoms with Gasteiger partial charge in [0.1, 0.15) is 0 Å². The summed E-state index contributed by atoms with van der Waals surface area (Å²) in [5.74, 6) is 0.568. The zero-order valence-corrected chi connectivity index (χ0v) is 12.0. The normalized spacial score (nSPS) is 13.5. The van der Waals surface area contributed by atoms with E-state index in [9.17, 15) is 8.42 Å². The van der Waals surface area contributed by atoms with Gasteiger partial charge in [-0.05, 0) is 49.4 Å². The first-order valence-corrected chi connectivity index (χ1v) is 8.19. The topological polar surface area (TPSA) is 60.2 Å². The zero-order valence-electron chi connectivity index (χ0n) is 11.2. The summed E-state index contributed by atoms with van der Waals surface area (Å²) in [7, 11) is -3.11. The van der Waals surface area contributed by atoms with Crippen molar-refractivity contribution in [3.8, 4) is 0 Å². The average molecular weight is 269 g/mol. The van der Waals surface area contributed by atoms with Crippen LogP contribution in [0.4, 0.5) is 0 Å². The van der Waals surface area contributed by atoms with Crippen molar-refractivity contribution < 1.29 is 8.42 Å². The lowest BCUT2D eigenvalue weighted by Gasteiger charge is -2.12. The summed E-state index contributed by atoms with van der Waals surface area (Å²) in [5, 5.41) is 0. The minimum absolute atomic E-state index is 0.216. The standard InChI is InChI=1S/C14H23NO2S/c1-3-10-18(16,17)14-8-4-7-13(11-14)12(2)6-5-9-15/h4,7-8,11-12H,3,5-6,9-10,15H2,1-2H3. The van der Waals surface area contributed by atoms with Gasteiger partial charge in [-0.2, -0.15) is 0 Å². The van der Waals surface area contributed by atoms with Crippen LogP contribution in [0.2, 0.25) is 0 Å². The molecule has 0 aromatic heterocycles. The highest BCUT2D eigenvalue weighted by atomic mass is 32.2. The molecule has 0 aliphatic rings.